The van der Waals surface area contributed by atoms with Crippen LogP contribution in [0.1, 0.15) is 18.6 Å². The number of esters is 1. The average molecular weight is 305 g/mol. The molecule has 0 heterocycles. The fraction of sp³-hybridized carbons (Fsp3) is 0.462. The molecule has 0 aliphatic heterocycles. The Bertz CT molecular complexity index is 488. The van der Waals surface area contributed by atoms with Gasteiger partial charge in [-0.05, 0) is 6.92 Å². The maximum Gasteiger partial charge on any atom is 0.339 e. The van der Waals surface area contributed by atoms with Crippen LogP contribution >= 0.6 is 11.6 Å². The minimum absolute atomic E-state index is 0.0743. The lowest BCUT2D eigenvalue weighted by Gasteiger charge is -2.19. The lowest BCUT2D eigenvalue weighted by atomic mass is 10.1. The molecular formula is C13H17ClO6. The number of ether oxygens (including phenoxy) is 4. The summed E-state index contributed by atoms with van der Waals surface area (Å²) in [4.78, 5) is 11.7. The fourth-order valence-corrected chi connectivity index (χ4v) is 2.03. The van der Waals surface area contributed by atoms with E-state index in [0.717, 1.165) is 0 Å². The Morgan fingerprint density at radius 3 is 2.30 bits per heavy atom. The largest absolute Gasteiger partial charge is 0.493 e. The Labute approximate surface area is 122 Å². The van der Waals surface area contributed by atoms with Crippen molar-refractivity contribution in [1.29, 1.82) is 0 Å². The van der Waals surface area contributed by atoms with Crippen LogP contribution in [0.4, 0.5) is 0 Å². The zero-order chi connectivity index (χ0) is 15.3. The first-order valence-corrected chi connectivity index (χ1v) is 6.22. The number of hydrogen-bond donors (Lipinski definition) is 1. The molecule has 1 rings (SSSR count). The van der Waals surface area contributed by atoms with Crippen molar-refractivity contribution in [3.05, 3.63) is 16.7 Å². The summed E-state index contributed by atoms with van der Waals surface area (Å²) in [5.74, 6) is -0.135. The Hall–Kier alpha value is -1.66. The summed E-state index contributed by atoms with van der Waals surface area (Å²) in [5.41, 5.74) is 0.0743. The molecule has 6 nitrogen and oxygen atoms in total. The van der Waals surface area contributed by atoms with Gasteiger partial charge in [0.15, 0.2) is 17.6 Å². The van der Waals surface area contributed by atoms with Gasteiger partial charge in [-0.3, -0.25) is 0 Å². The third-order valence-corrected chi connectivity index (χ3v) is 2.91. The smallest absolute Gasteiger partial charge is 0.339 e. The van der Waals surface area contributed by atoms with Crippen molar-refractivity contribution in [2.45, 2.75) is 13.0 Å². The summed E-state index contributed by atoms with van der Waals surface area (Å²) >= 11 is 6.08. The van der Waals surface area contributed by atoms with E-state index in [2.05, 4.69) is 0 Å². The molecule has 20 heavy (non-hydrogen) atoms. The lowest BCUT2D eigenvalue weighted by molar-refractivity contribution is -0.153. The first-order chi connectivity index (χ1) is 9.51. The molecule has 1 atom stereocenters. The summed E-state index contributed by atoms with van der Waals surface area (Å²) in [6, 6.07) is 1.43. The van der Waals surface area contributed by atoms with Crippen LogP contribution in [-0.4, -0.2) is 39.0 Å². The van der Waals surface area contributed by atoms with E-state index in [9.17, 15) is 9.90 Å². The molecule has 0 aliphatic carbocycles. The predicted molar refractivity (Wildman–Crippen MR) is 72.7 cm³/mol. The number of rotatable bonds is 6. The third-order valence-electron chi connectivity index (χ3n) is 2.60. The van der Waals surface area contributed by atoms with Gasteiger partial charge in [0.05, 0.1) is 38.5 Å². The van der Waals surface area contributed by atoms with E-state index >= 15 is 0 Å². The Kier molecular flexibility index (Phi) is 5.91. The van der Waals surface area contributed by atoms with E-state index in [1.807, 2.05) is 0 Å². The molecule has 0 radical (unpaired) electrons. The standard InChI is InChI=1S/C13H17ClO6/c1-5-20-13(16)10(15)9-7(14)6-8(17-2)11(18-3)12(9)19-4/h6,10,15H,5H2,1-4H3. The summed E-state index contributed by atoms with van der Waals surface area (Å²) in [7, 11) is 4.22. The highest BCUT2D eigenvalue weighted by Crippen LogP contribution is 2.46. The number of halogens is 1. The zero-order valence-electron chi connectivity index (χ0n) is 11.7. The molecule has 0 saturated heterocycles. The minimum Gasteiger partial charge on any atom is -0.493 e. The Morgan fingerprint density at radius 1 is 1.25 bits per heavy atom. The first kappa shape index (κ1) is 16.4. The molecule has 0 aromatic heterocycles. The number of aliphatic hydroxyl groups excluding tert-OH is 1. The van der Waals surface area contributed by atoms with E-state index in [1.165, 1.54) is 27.4 Å². The van der Waals surface area contributed by atoms with E-state index in [-0.39, 0.29) is 28.7 Å². The fourth-order valence-electron chi connectivity index (χ4n) is 1.74. The molecule has 0 amide bonds. The van der Waals surface area contributed by atoms with Crippen LogP contribution in [0.3, 0.4) is 0 Å². The first-order valence-electron chi connectivity index (χ1n) is 5.84. The van der Waals surface area contributed by atoms with Crippen LogP contribution in [0.25, 0.3) is 0 Å². The molecule has 112 valence electrons. The average Bonchev–Trinajstić information content (AvgIpc) is 2.45. The molecule has 1 aromatic carbocycles. The minimum atomic E-state index is -1.57. The van der Waals surface area contributed by atoms with Crippen LogP contribution < -0.4 is 14.2 Å². The highest BCUT2D eigenvalue weighted by Gasteiger charge is 2.29. The molecular weight excluding hydrogens is 288 g/mol. The second kappa shape index (κ2) is 7.21. The van der Waals surface area contributed by atoms with Crippen molar-refractivity contribution in [3.8, 4) is 17.2 Å². The Balaban J connectivity index is 3.41. The third kappa shape index (κ3) is 3.08. The number of carbonyl (C=O) groups excluding carboxylic acids is 1. The van der Waals surface area contributed by atoms with Crippen LogP contribution in [0, 0.1) is 0 Å². The second-order valence-corrected chi connectivity index (χ2v) is 4.10. The van der Waals surface area contributed by atoms with Crippen molar-refractivity contribution >= 4 is 17.6 Å². The normalized spacial score (nSPS) is 11.7. The molecule has 0 aliphatic rings. The quantitative estimate of drug-likeness (QED) is 0.810. The van der Waals surface area contributed by atoms with Gasteiger partial charge in [-0.1, -0.05) is 11.6 Å². The van der Waals surface area contributed by atoms with Gasteiger partial charge in [-0.15, -0.1) is 0 Å². The maximum absolute atomic E-state index is 11.7. The molecule has 0 saturated carbocycles. The van der Waals surface area contributed by atoms with Crippen molar-refractivity contribution in [2.24, 2.45) is 0 Å². The second-order valence-electron chi connectivity index (χ2n) is 3.70. The number of methoxy groups -OCH3 is 3. The number of aliphatic hydroxyl groups is 1. The molecule has 0 bridgehead atoms. The van der Waals surface area contributed by atoms with E-state index in [0.29, 0.717) is 5.75 Å². The van der Waals surface area contributed by atoms with Gasteiger partial charge in [0.2, 0.25) is 5.75 Å². The van der Waals surface area contributed by atoms with Gasteiger partial charge in [-0.2, -0.15) is 0 Å². The molecule has 0 fully saturated rings. The molecule has 1 unspecified atom stereocenters. The van der Waals surface area contributed by atoms with Gasteiger partial charge < -0.3 is 24.1 Å². The lowest BCUT2D eigenvalue weighted by Crippen LogP contribution is -2.17. The maximum atomic E-state index is 11.7. The number of benzene rings is 1. The zero-order valence-corrected chi connectivity index (χ0v) is 12.5. The van der Waals surface area contributed by atoms with Crippen LogP contribution in [-0.2, 0) is 9.53 Å². The van der Waals surface area contributed by atoms with Gasteiger partial charge in [-0.25, -0.2) is 4.79 Å². The van der Waals surface area contributed by atoms with Crippen molar-refractivity contribution in [1.82, 2.24) is 0 Å². The van der Waals surface area contributed by atoms with Crippen molar-refractivity contribution < 1.29 is 28.8 Å². The van der Waals surface area contributed by atoms with Crippen LogP contribution in [0.15, 0.2) is 6.07 Å². The Morgan fingerprint density at radius 2 is 1.85 bits per heavy atom. The van der Waals surface area contributed by atoms with E-state index in [4.69, 9.17) is 30.5 Å². The highest BCUT2D eigenvalue weighted by molar-refractivity contribution is 6.32. The SMILES string of the molecule is CCOC(=O)C(O)c1c(Cl)cc(OC)c(OC)c1OC. The van der Waals surface area contributed by atoms with Gasteiger partial charge in [0, 0.05) is 6.07 Å². The summed E-state index contributed by atoms with van der Waals surface area (Å²) in [6.45, 7) is 1.78. The topological polar surface area (TPSA) is 74.2 Å². The predicted octanol–water partition coefficient (Wildman–Crippen LogP) is 1.96. The molecule has 1 aromatic rings. The van der Waals surface area contributed by atoms with Crippen LogP contribution in [0.5, 0.6) is 17.2 Å². The summed E-state index contributed by atoms with van der Waals surface area (Å²) < 4.78 is 20.2. The molecule has 7 heteroatoms. The van der Waals surface area contributed by atoms with Crippen LogP contribution in [0.2, 0.25) is 5.02 Å². The van der Waals surface area contributed by atoms with E-state index in [1.54, 1.807) is 6.92 Å². The van der Waals surface area contributed by atoms with Gasteiger partial charge in [0.1, 0.15) is 0 Å². The van der Waals surface area contributed by atoms with Gasteiger partial charge >= 0.3 is 5.97 Å². The van der Waals surface area contributed by atoms with Crippen molar-refractivity contribution in [2.75, 3.05) is 27.9 Å². The molecule has 1 N–H and O–H groups in total. The summed E-state index contributed by atoms with van der Waals surface area (Å²) in [6.07, 6.45) is -1.57. The number of carbonyl (C=O) groups is 1. The van der Waals surface area contributed by atoms with E-state index < -0.39 is 12.1 Å². The number of hydrogen-bond acceptors (Lipinski definition) is 6. The molecule has 0 spiro atoms. The van der Waals surface area contributed by atoms with Crippen molar-refractivity contribution in [3.63, 3.8) is 0 Å². The summed E-state index contributed by atoms with van der Waals surface area (Å²) in [5, 5.41) is 10.2. The monoisotopic (exact) mass is 304 g/mol. The van der Waals surface area contributed by atoms with Gasteiger partial charge in [0.25, 0.3) is 0 Å². The highest BCUT2D eigenvalue weighted by atomic mass is 35.5.